The summed E-state index contributed by atoms with van der Waals surface area (Å²) in [7, 11) is 0. The van der Waals surface area contributed by atoms with Crippen LogP contribution in [0.25, 0.3) is 0 Å². The van der Waals surface area contributed by atoms with Crippen LogP contribution in [0.2, 0.25) is 0 Å². The average Bonchev–Trinajstić information content (AvgIpc) is 2.76. The first-order chi connectivity index (χ1) is 9.63. The first-order valence-electron chi connectivity index (χ1n) is 7.20. The molecule has 1 saturated heterocycles. The summed E-state index contributed by atoms with van der Waals surface area (Å²) in [5.41, 5.74) is 0.532. The van der Waals surface area contributed by atoms with Crippen molar-refractivity contribution in [1.29, 1.82) is 0 Å². The number of hydrogen-bond donors (Lipinski definition) is 1. The van der Waals surface area contributed by atoms with E-state index in [-0.39, 0.29) is 16.7 Å². The number of aromatic nitrogens is 2. The van der Waals surface area contributed by atoms with Crippen LogP contribution in [0, 0.1) is 17.0 Å². The molecule has 2 heterocycles. The minimum absolute atomic E-state index is 0.0800. The Hall–Kier alpha value is -1.63. The summed E-state index contributed by atoms with van der Waals surface area (Å²) in [4.78, 5) is 10.8. The normalized spacial score (nSPS) is 19.0. The summed E-state index contributed by atoms with van der Waals surface area (Å²) in [6.07, 6.45) is 4.56. The minimum Gasteiger partial charge on any atom is -0.378 e. The van der Waals surface area contributed by atoms with Gasteiger partial charge in [0.1, 0.15) is 5.69 Å². The predicted octanol–water partition coefficient (Wildman–Crippen LogP) is 2.49. The first-order valence-corrected chi connectivity index (χ1v) is 7.20. The summed E-state index contributed by atoms with van der Waals surface area (Å²) in [6, 6.07) is 0. The molecule has 2 rings (SSSR count). The highest BCUT2D eigenvalue weighted by molar-refractivity contribution is 5.59. The highest BCUT2D eigenvalue weighted by Gasteiger charge is 2.24. The maximum Gasteiger partial charge on any atom is 0.333 e. The Kier molecular flexibility index (Phi) is 4.94. The molecular formula is C13H22N4O3. The number of ether oxygens (including phenoxy) is 1. The minimum atomic E-state index is -0.367. The number of hydrogen-bond acceptors (Lipinski definition) is 5. The van der Waals surface area contributed by atoms with E-state index in [0.717, 1.165) is 25.9 Å². The van der Waals surface area contributed by atoms with Crippen LogP contribution in [0.3, 0.4) is 0 Å². The zero-order valence-corrected chi connectivity index (χ0v) is 12.1. The Balaban J connectivity index is 1.98. The highest BCUT2D eigenvalue weighted by Crippen LogP contribution is 2.28. The number of anilines is 1. The molecule has 7 nitrogen and oxygen atoms in total. The monoisotopic (exact) mass is 282 g/mol. The largest absolute Gasteiger partial charge is 0.378 e. The van der Waals surface area contributed by atoms with E-state index in [0.29, 0.717) is 24.6 Å². The van der Waals surface area contributed by atoms with Crippen LogP contribution < -0.4 is 5.32 Å². The second kappa shape index (κ2) is 6.69. The Bertz CT molecular complexity index is 466. The smallest absolute Gasteiger partial charge is 0.333 e. The highest BCUT2D eigenvalue weighted by atomic mass is 16.6. The van der Waals surface area contributed by atoms with E-state index in [1.165, 1.54) is 6.42 Å². The molecule has 0 amide bonds. The average molecular weight is 282 g/mol. The lowest BCUT2D eigenvalue weighted by Crippen LogP contribution is -2.22. The van der Waals surface area contributed by atoms with Crippen molar-refractivity contribution in [2.45, 2.75) is 52.2 Å². The van der Waals surface area contributed by atoms with Gasteiger partial charge >= 0.3 is 5.69 Å². The molecule has 1 N–H and O–H groups in total. The van der Waals surface area contributed by atoms with Crippen molar-refractivity contribution in [2.75, 3.05) is 18.5 Å². The van der Waals surface area contributed by atoms with Crippen LogP contribution in [-0.4, -0.2) is 34.0 Å². The van der Waals surface area contributed by atoms with Gasteiger partial charge in [0.05, 0.1) is 11.0 Å². The van der Waals surface area contributed by atoms with Crippen molar-refractivity contribution < 1.29 is 9.66 Å². The summed E-state index contributed by atoms with van der Waals surface area (Å²) in [5.74, 6) is 0.505. The molecule has 1 atom stereocenters. The molecule has 0 aliphatic carbocycles. The van der Waals surface area contributed by atoms with E-state index >= 15 is 0 Å². The van der Waals surface area contributed by atoms with E-state index < -0.39 is 0 Å². The van der Waals surface area contributed by atoms with Gasteiger partial charge in [0.25, 0.3) is 0 Å². The van der Waals surface area contributed by atoms with Gasteiger partial charge in [0.2, 0.25) is 5.82 Å². The number of nitrogens with one attached hydrogen (secondary N) is 1. The van der Waals surface area contributed by atoms with Crippen LogP contribution in [0.4, 0.5) is 11.5 Å². The third kappa shape index (κ3) is 3.27. The third-order valence-electron chi connectivity index (χ3n) is 3.61. The maximum atomic E-state index is 11.1. The fourth-order valence-corrected chi connectivity index (χ4v) is 2.58. The van der Waals surface area contributed by atoms with Crippen molar-refractivity contribution in [3.8, 4) is 0 Å². The second-order valence-corrected chi connectivity index (χ2v) is 5.06. The Morgan fingerprint density at radius 3 is 2.95 bits per heavy atom. The molecule has 0 aromatic carbocycles. The molecule has 0 bridgehead atoms. The van der Waals surface area contributed by atoms with Crippen molar-refractivity contribution in [1.82, 2.24) is 9.78 Å². The van der Waals surface area contributed by atoms with Crippen LogP contribution >= 0.6 is 0 Å². The number of rotatable bonds is 6. The SMILES string of the molecule is CCn1nc(C)c([N+](=O)[O-])c1NCCC1CCCCO1. The molecule has 0 radical (unpaired) electrons. The second-order valence-electron chi connectivity index (χ2n) is 5.06. The molecule has 20 heavy (non-hydrogen) atoms. The van der Waals surface area contributed by atoms with Crippen molar-refractivity contribution >= 4 is 11.5 Å². The number of aryl methyl sites for hydroxylation is 2. The molecule has 112 valence electrons. The van der Waals surface area contributed by atoms with Gasteiger partial charge in [-0.05, 0) is 39.5 Å². The molecule has 1 unspecified atom stereocenters. The van der Waals surface area contributed by atoms with Gasteiger partial charge in [-0.1, -0.05) is 0 Å². The number of nitrogens with zero attached hydrogens (tertiary/aromatic N) is 3. The lowest BCUT2D eigenvalue weighted by Gasteiger charge is -2.22. The van der Waals surface area contributed by atoms with Gasteiger partial charge in [-0.15, -0.1) is 0 Å². The van der Waals surface area contributed by atoms with Gasteiger partial charge in [-0.25, -0.2) is 4.68 Å². The van der Waals surface area contributed by atoms with Crippen LogP contribution in [0.5, 0.6) is 0 Å². The molecule has 1 aliphatic heterocycles. The fraction of sp³-hybridized carbons (Fsp3) is 0.769. The lowest BCUT2D eigenvalue weighted by molar-refractivity contribution is -0.384. The van der Waals surface area contributed by atoms with Crippen LogP contribution in [-0.2, 0) is 11.3 Å². The van der Waals surface area contributed by atoms with Crippen LogP contribution in [0.15, 0.2) is 0 Å². The predicted molar refractivity (Wildman–Crippen MR) is 76.0 cm³/mol. The van der Waals surface area contributed by atoms with E-state index in [2.05, 4.69) is 10.4 Å². The van der Waals surface area contributed by atoms with Gasteiger partial charge in [-0.3, -0.25) is 10.1 Å². The lowest BCUT2D eigenvalue weighted by atomic mass is 10.1. The van der Waals surface area contributed by atoms with Crippen molar-refractivity contribution in [3.05, 3.63) is 15.8 Å². The molecule has 1 aliphatic rings. The molecule has 1 aromatic rings. The van der Waals surface area contributed by atoms with Crippen molar-refractivity contribution in [2.24, 2.45) is 0 Å². The molecule has 0 saturated carbocycles. The van der Waals surface area contributed by atoms with Crippen molar-refractivity contribution in [3.63, 3.8) is 0 Å². The zero-order chi connectivity index (χ0) is 14.5. The van der Waals surface area contributed by atoms with Crippen LogP contribution in [0.1, 0.15) is 38.3 Å². The third-order valence-corrected chi connectivity index (χ3v) is 3.61. The number of nitro groups is 1. The zero-order valence-electron chi connectivity index (χ0n) is 12.1. The van der Waals surface area contributed by atoms with Gasteiger partial charge in [0, 0.05) is 19.7 Å². The molecule has 1 fully saturated rings. The summed E-state index contributed by atoms with van der Waals surface area (Å²) in [5, 5.41) is 18.5. The standard InChI is InChI=1S/C13H22N4O3/c1-3-16-13(12(17(18)19)10(2)15-16)14-8-7-11-6-4-5-9-20-11/h11,14H,3-9H2,1-2H3. The van der Waals surface area contributed by atoms with E-state index in [9.17, 15) is 10.1 Å². The fourth-order valence-electron chi connectivity index (χ4n) is 2.58. The molecule has 1 aromatic heterocycles. The molecular weight excluding hydrogens is 260 g/mol. The van der Waals surface area contributed by atoms with Gasteiger partial charge in [0.15, 0.2) is 0 Å². The van der Waals surface area contributed by atoms with Gasteiger partial charge in [-0.2, -0.15) is 5.10 Å². The first kappa shape index (κ1) is 14.8. The van der Waals surface area contributed by atoms with E-state index in [1.807, 2.05) is 6.92 Å². The summed E-state index contributed by atoms with van der Waals surface area (Å²) in [6.45, 7) is 5.69. The Labute approximate surface area is 118 Å². The quantitative estimate of drug-likeness (QED) is 0.640. The summed E-state index contributed by atoms with van der Waals surface area (Å²) < 4.78 is 7.31. The summed E-state index contributed by atoms with van der Waals surface area (Å²) >= 11 is 0. The molecule has 7 heteroatoms. The topological polar surface area (TPSA) is 82.2 Å². The Morgan fingerprint density at radius 2 is 2.35 bits per heavy atom. The maximum absolute atomic E-state index is 11.1. The molecule has 0 spiro atoms. The van der Waals surface area contributed by atoms with Gasteiger partial charge < -0.3 is 10.1 Å². The van der Waals surface area contributed by atoms with E-state index in [4.69, 9.17) is 4.74 Å². The van der Waals surface area contributed by atoms with E-state index in [1.54, 1.807) is 11.6 Å². The Morgan fingerprint density at radius 1 is 1.55 bits per heavy atom.